The molecule has 8 nitrogen and oxygen atoms in total. The van der Waals surface area contributed by atoms with E-state index >= 15 is 0 Å². The Hall–Kier alpha value is -2.52. The molecule has 1 aromatic carbocycles. The van der Waals surface area contributed by atoms with E-state index < -0.39 is 16.0 Å². The van der Waals surface area contributed by atoms with E-state index in [0.717, 1.165) is 16.3 Å². The number of carbonyl (C=O) groups excluding carboxylic acids is 1. The van der Waals surface area contributed by atoms with Gasteiger partial charge in [-0.05, 0) is 32.0 Å². The van der Waals surface area contributed by atoms with Crippen molar-refractivity contribution < 1.29 is 31.8 Å². The third kappa shape index (κ3) is 4.31. The second-order valence-electron chi connectivity index (χ2n) is 7.24. The SMILES string of the molecule is CN(C)S(=O)(=O)c1ccc(COC(=O)COc2cccc3c2OC(C)(C)C3)o1. The van der Waals surface area contributed by atoms with Crippen molar-refractivity contribution >= 4 is 16.0 Å². The molecule has 0 radical (unpaired) electrons. The first kappa shape index (κ1) is 20.2. The summed E-state index contributed by atoms with van der Waals surface area (Å²) >= 11 is 0. The Morgan fingerprint density at radius 3 is 2.68 bits per heavy atom. The summed E-state index contributed by atoms with van der Waals surface area (Å²) < 4.78 is 46.8. The lowest BCUT2D eigenvalue weighted by molar-refractivity contribution is -0.147. The Morgan fingerprint density at radius 2 is 1.96 bits per heavy atom. The van der Waals surface area contributed by atoms with Gasteiger partial charge in [0, 0.05) is 26.1 Å². The molecular weight excluding hydrogens is 386 g/mol. The maximum absolute atomic E-state index is 12.0. The molecule has 0 amide bonds. The normalized spacial score (nSPS) is 15.2. The van der Waals surface area contributed by atoms with Crippen LogP contribution in [0.5, 0.6) is 11.5 Å². The zero-order chi connectivity index (χ0) is 20.5. The van der Waals surface area contributed by atoms with Gasteiger partial charge in [0.2, 0.25) is 5.09 Å². The summed E-state index contributed by atoms with van der Waals surface area (Å²) in [6, 6.07) is 8.32. The Bertz CT molecular complexity index is 976. The van der Waals surface area contributed by atoms with Gasteiger partial charge in [0.25, 0.3) is 10.0 Å². The highest BCUT2D eigenvalue weighted by Crippen LogP contribution is 2.41. The number of nitrogens with zero attached hydrogens (tertiary/aromatic N) is 1. The van der Waals surface area contributed by atoms with Gasteiger partial charge in [0.1, 0.15) is 18.0 Å². The average molecular weight is 409 g/mol. The molecule has 0 fully saturated rings. The third-order valence-electron chi connectivity index (χ3n) is 4.15. The zero-order valence-corrected chi connectivity index (χ0v) is 17.0. The number of furan rings is 1. The van der Waals surface area contributed by atoms with Crippen molar-refractivity contribution in [3.05, 3.63) is 41.7 Å². The first-order chi connectivity index (χ1) is 13.1. The highest BCUT2D eigenvalue weighted by molar-refractivity contribution is 7.88. The Kier molecular flexibility index (Phi) is 5.40. The molecule has 152 valence electrons. The molecule has 1 aliphatic heterocycles. The second kappa shape index (κ2) is 7.48. The highest BCUT2D eigenvalue weighted by Gasteiger charge is 2.32. The van der Waals surface area contributed by atoms with Crippen molar-refractivity contribution in [2.24, 2.45) is 0 Å². The fourth-order valence-electron chi connectivity index (χ4n) is 2.79. The molecule has 0 saturated carbocycles. The fourth-order valence-corrected chi connectivity index (χ4v) is 3.60. The summed E-state index contributed by atoms with van der Waals surface area (Å²) in [4.78, 5) is 12.0. The van der Waals surface area contributed by atoms with Crippen LogP contribution in [0, 0.1) is 0 Å². The minimum absolute atomic E-state index is 0.193. The summed E-state index contributed by atoms with van der Waals surface area (Å²) in [7, 11) is -0.863. The maximum atomic E-state index is 12.0. The molecule has 0 bridgehead atoms. The van der Waals surface area contributed by atoms with Crippen molar-refractivity contribution in [1.82, 2.24) is 4.31 Å². The van der Waals surface area contributed by atoms with E-state index in [4.69, 9.17) is 18.6 Å². The molecule has 2 aromatic rings. The Morgan fingerprint density at radius 1 is 1.21 bits per heavy atom. The number of benzene rings is 1. The van der Waals surface area contributed by atoms with Crippen LogP contribution in [-0.2, 0) is 32.6 Å². The Balaban J connectivity index is 1.55. The molecule has 0 saturated heterocycles. The van der Waals surface area contributed by atoms with Gasteiger partial charge in [-0.1, -0.05) is 12.1 Å². The van der Waals surface area contributed by atoms with Crippen LogP contribution >= 0.6 is 0 Å². The van der Waals surface area contributed by atoms with E-state index in [1.54, 1.807) is 6.07 Å². The molecule has 0 unspecified atom stereocenters. The smallest absolute Gasteiger partial charge is 0.344 e. The fraction of sp³-hybridized carbons (Fsp3) is 0.421. The zero-order valence-electron chi connectivity index (χ0n) is 16.2. The molecule has 0 N–H and O–H groups in total. The number of ether oxygens (including phenoxy) is 3. The molecule has 3 rings (SSSR count). The highest BCUT2D eigenvalue weighted by atomic mass is 32.2. The van der Waals surface area contributed by atoms with Crippen LogP contribution < -0.4 is 9.47 Å². The van der Waals surface area contributed by atoms with Crippen LogP contribution in [0.25, 0.3) is 0 Å². The van der Waals surface area contributed by atoms with E-state index in [1.165, 1.54) is 26.2 Å². The van der Waals surface area contributed by atoms with Crippen LogP contribution in [0.4, 0.5) is 0 Å². The van der Waals surface area contributed by atoms with Crippen LogP contribution in [-0.4, -0.2) is 45.0 Å². The number of hydrogen-bond donors (Lipinski definition) is 0. The van der Waals surface area contributed by atoms with E-state index in [1.807, 2.05) is 26.0 Å². The van der Waals surface area contributed by atoms with Crippen LogP contribution in [0.1, 0.15) is 25.2 Å². The minimum Gasteiger partial charge on any atom is -0.483 e. The maximum Gasteiger partial charge on any atom is 0.344 e. The quantitative estimate of drug-likeness (QED) is 0.648. The lowest BCUT2D eigenvalue weighted by atomic mass is 10.0. The third-order valence-corrected chi connectivity index (χ3v) is 5.84. The topological polar surface area (TPSA) is 95.3 Å². The number of fused-ring (bicyclic) bond motifs is 1. The summed E-state index contributed by atoms with van der Waals surface area (Å²) in [5.41, 5.74) is 0.715. The molecular formula is C19H23NO7S. The first-order valence-electron chi connectivity index (χ1n) is 8.69. The van der Waals surface area contributed by atoms with Crippen molar-refractivity contribution in [3.63, 3.8) is 0 Å². The number of rotatable bonds is 7. The molecule has 0 aliphatic carbocycles. The summed E-state index contributed by atoms with van der Waals surface area (Å²) in [5, 5.41) is -0.209. The van der Waals surface area contributed by atoms with E-state index in [9.17, 15) is 13.2 Å². The summed E-state index contributed by atoms with van der Waals surface area (Å²) in [6.07, 6.45) is 0.765. The average Bonchev–Trinajstić information content (AvgIpc) is 3.21. The lowest BCUT2D eigenvalue weighted by Gasteiger charge is -2.18. The largest absolute Gasteiger partial charge is 0.483 e. The molecule has 1 aromatic heterocycles. The summed E-state index contributed by atoms with van der Waals surface area (Å²) in [6.45, 7) is 3.48. The number of hydrogen-bond acceptors (Lipinski definition) is 7. The van der Waals surface area contributed by atoms with Gasteiger partial charge in [-0.2, -0.15) is 0 Å². The molecule has 28 heavy (non-hydrogen) atoms. The monoisotopic (exact) mass is 409 g/mol. The van der Waals surface area contributed by atoms with Crippen molar-refractivity contribution in [2.45, 2.75) is 37.6 Å². The number of sulfonamides is 1. The van der Waals surface area contributed by atoms with Crippen molar-refractivity contribution in [3.8, 4) is 11.5 Å². The lowest BCUT2D eigenvalue weighted by Crippen LogP contribution is -2.24. The van der Waals surface area contributed by atoms with E-state index in [0.29, 0.717) is 11.5 Å². The molecule has 0 spiro atoms. The number of carbonyl (C=O) groups is 1. The standard InChI is InChI=1S/C19H23NO7S/c1-19(2)10-13-6-5-7-15(18(13)27-19)24-12-16(21)25-11-14-8-9-17(26-14)28(22,23)20(3)4/h5-9H,10-12H2,1-4H3. The molecule has 9 heteroatoms. The van der Waals surface area contributed by atoms with Gasteiger partial charge in [0.15, 0.2) is 18.1 Å². The van der Waals surface area contributed by atoms with Crippen LogP contribution in [0.3, 0.4) is 0 Å². The van der Waals surface area contributed by atoms with Gasteiger partial charge in [-0.25, -0.2) is 17.5 Å². The van der Waals surface area contributed by atoms with E-state index in [-0.39, 0.29) is 29.7 Å². The van der Waals surface area contributed by atoms with Gasteiger partial charge in [0.05, 0.1) is 0 Å². The van der Waals surface area contributed by atoms with Gasteiger partial charge < -0.3 is 18.6 Å². The second-order valence-corrected chi connectivity index (χ2v) is 9.32. The molecule has 2 heterocycles. The van der Waals surface area contributed by atoms with Gasteiger partial charge in [-0.3, -0.25) is 0 Å². The number of para-hydroxylation sites is 1. The van der Waals surface area contributed by atoms with Crippen LogP contribution in [0.15, 0.2) is 39.8 Å². The predicted octanol–water partition coefficient (Wildman–Crippen LogP) is 2.37. The van der Waals surface area contributed by atoms with E-state index in [2.05, 4.69) is 0 Å². The Labute approximate surface area is 164 Å². The van der Waals surface area contributed by atoms with Gasteiger partial charge in [-0.15, -0.1) is 0 Å². The molecule has 1 aliphatic rings. The van der Waals surface area contributed by atoms with Crippen LogP contribution in [0.2, 0.25) is 0 Å². The van der Waals surface area contributed by atoms with Gasteiger partial charge >= 0.3 is 5.97 Å². The number of esters is 1. The molecule has 0 atom stereocenters. The predicted molar refractivity (Wildman–Crippen MR) is 99.7 cm³/mol. The first-order valence-corrected chi connectivity index (χ1v) is 10.1. The summed E-state index contributed by atoms with van der Waals surface area (Å²) in [5.74, 6) is 0.741. The van der Waals surface area contributed by atoms with Crippen molar-refractivity contribution in [1.29, 1.82) is 0 Å². The van der Waals surface area contributed by atoms with Crippen molar-refractivity contribution in [2.75, 3.05) is 20.7 Å². The minimum atomic E-state index is -3.67.